The number of morpholine rings is 1. The molecule has 3 heterocycles. The first-order chi connectivity index (χ1) is 16.5. The van der Waals surface area contributed by atoms with E-state index in [2.05, 4.69) is 63.2 Å². The molecule has 2 aromatic heterocycles. The van der Waals surface area contributed by atoms with Crippen molar-refractivity contribution in [3.05, 3.63) is 70.6 Å². The van der Waals surface area contributed by atoms with E-state index >= 15 is 0 Å². The van der Waals surface area contributed by atoms with Gasteiger partial charge in [-0.15, -0.1) is 5.10 Å². The van der Waals surface area contributed by atoms with Gasteiger partial charge < -0.3 is 14.4 Å². The van der Waals surface area contributed by atoms with Gasteiger partial charge in [-0.05, 0) is 54.4 Å². The average molecular weight is 476 g/mol. The number of hydrogen-bond acceptors (Lipinski definition) is 7. The van der Waals surface area contributed by atoms with Crippen LogP contribution in [0.2, 0.25) is 5.02 Å². The monoisotopic (exact) mass is 475 g/mol. The van der Waals surface area contributed by atoms with E-state index in [0.29, 0.717) is 10.9 Å². The number of anilines is 1. The number of fused-ring (bicyclic) bond motifs is 1. The molecule has 0 amide bonds. The van der Waals surface area contributed by atoms with Crippen molar-refractivity contribution in [3.8, 4) is 17.1 Å². The molecule has 174 valence electrons. The first-order valence-corrected chi connectivity index (χ1v) is 11.7. The molecule has 0 radical (unpaired) electrons. The molecule has 1 fully saturated rings. The molecule has 1 aliphatic rings. The number of methoxy groups -OCH3 is 1. The van der Waals surface area contributed by atoms with E-state index in [1.165, 1.54) is 0 Å². The number of ether oxygens (including phenoxy) is 2. The molecule has 1 aliphatic heterocycles. The Morgan fingerprint density at radius 3 is 2.59 bits per heavy atom. The van der Waals surface area contributed by atoms with Crippen LogP contribution in [-0.4, -0.2) is 53.6 Å². The van der Waals surface area contributed by atoms with E-state index in [-0.39, 0.29) is 5.92 Å². The summed E-state index contributed by atoms with van der Waals surface area (Å²) in [4.78, 5) is 11.6. The number of benzene rings is 2. The fourth-order valence-electron chi connectivity index (χ4n) is 4.38. The second-order valence-electron chi connectivity index (χ2n) is 8.43. The number of halogens is 1. The number of aromatic nitrogens is 4. The summed E-state index contributed by atoms with van der Waals surface area (Å²) in [6.45, 7) is 7.39. The molecule has 0 aliphatic carbocycles. The van der Waals surface area contributed by atoms with Gasteiger partial charge in [0.05, 0.1) is 37.2 Å². The summed E-state index contributed by atoms with van der Waals surface area (Å²) in [5.41, 5.74) is 6.83. The highest BCUT2D eigenvalue weighted by Crippen LogP contribution is 2.37. The minimum Gasteiger partial charge on any atom is -0.480 e. The van der Waals surface area contributed by atoms with E-state index in [0.717, 1.165) is 71.0 Å². The standard InChI is InChI=1S/C26H26ClN5O2/c1-16-12-22(27)21(17(2)23-6-7-25(33-3)31-30-23)14-20(16)26-19-5-4-18(13-24(19)28-15-29-26)32-8-10-34-11-9-32/h4-7,12-15,17H,8-11H2,1-3H3. The third-order valence-corrected chi connectivity index (χ3v) is 6.70. The molecule has 8 heteroatoms. The summed E-state index contributed by atoms with van der Waals surface area (Å²) in [6.07, 6.45) is 1.63. The Kier molecular flexibility index (Phi) is 6.30. The van der Waals surface area contributed by atoms with Crippen molar-refractivity contribution in [3.63, 3.8) is 0 Å². The molecular formula is C26H26ClN5O2. The number of aryl methyl sites for hydroxylation is 1. The van der Waals surface area contributed by atoms with Gasteiger partial charge in [0.25, 0.3) is 0 Å². The maximum absolute atomic E-state index is 6.70. The number of hydrogen-bond donors (Lipinski definition) is 0. The summed E-state index contributed by atoms with van der Waals surface area (Å²) in [6, 6.07) is 14.2. The highest BCUT2D eigenvalue weighted by Gasteiger charge is 2.19. The minimum atomic E-state index is -0.0497. The second-order valence-corrected chi connectivity index (χ2v) is 8.84. The van der Waals surface area contributed by atoms with Crippen molar-refractivity contribution in [1.82, 2.24) is 20.2 Å². The average Bonchev–Trinajstić information content (AvgIpc) is 2.88. The molecule has 34 heavy (non-hydrogen) atoms. The van der Waals surface area contributed by atoms with E-state index in [1.807, 2.05) is 18.2 Å². The third-order valence-electron chi connectivity index (χ3n) is 6.38. The molecule has 0 saturated carbocycles. The zero-order valence-corrected chi connectivity index (χ0v) is 20.2. The van der Waals surface area contributed by atoms with Crippen LogP contribution in [0.4, 0.5) is 5.69 Å². The van der Waals surface area contributed by atoms with Crippen LogP contribution in [0.25, 0.3) is 22.2 Å². The lowest BCUT2D eigenvalue weighted by Gasteiger charge is -2.29. The fourth-order valence-corrected chi connectivity index (χ4v) is 4.77. The van der Waals surface area contributed by atoms with E-state index in [9.17, 15) is 0 Å². The molecule has 0 spiro atoms. The van der Waals surface area contributed by atoms with Crippen LogP contribution in [-0.2, 0) is 4.74 Å². The first kappa shape index (κ1) is 22.5. The zero-order chi connectivity index (χ0) is 23.7. The van der Waals surface area contributed by atoms with Crippen molar-refractivity contribution < 1.29 is 9.47 Å². The predicted molar refractivity (Wildman–Crippen MR) is 134 cm³/mol. The van der Waals surface area contributed by atoms with Gasteiger partial charge in [0.1, 0.15) is 6.33 Å². The van der Waals surface area contributed by atoms with Crippen LogP contribution in [0.5, 0.6) is 5.88 Å². The summed E-state index contributed by atoms with van der Waals surface area (Å²) in [7, 11) is 1.58. The Morgan fingerprint density at radius 1 is 1.03 bits per heavy atom. The molecule has 0 N–H and O–H groups in total. The van der Waals surface area contributed by atoms with Gasteiger partial charge in [-0.2, -0.15) is 5.10 Å². The molecule has 1 atom stereocenters. The first-order valence-electron chi connectivity index (χ1n) is 11.3. The van der Waals surface area contributed by atoms with Crippen LogP contribution in [0.1, 0.15) is 29.7 Å². The Bertz CT molecular complexity index is 1320. The summed E-state index contributed by atoms with van der Waals surface area (Å²) < 4.78 is 10.6. The maximum Gasteiger partial charge on any atom is 0.233 e. The Labute approximate surface area is 203 Å². The molecule has 1 saturated heterocycles. The second kappa shape index (κ2) is 9.52. The van der Waals surface area contributed by atoms with Gasteiger partial charge in [-0.1, -0.05) is 18.5 Å². The van der Waals surface area contributed by atoms with E-state index in [1.54, 1.807) is 13.4 Å². The van der Waals surface area contributed by atoms with Crippen molar-refractivity contribution in [1.29, 1.82) is 0 Å². The number of rotatable bonds is 5. The van der Waals surface area contributed by atoms with Gasteiger partial charge in [0, 0.05) is 46.7 Å². The molecule has 4 aromatic rings. The smallest absolute Gasteiger partial charge is 0.233 e. The van der Waals surface area contributed by atoms with E-state index < -0.39 is 0 Å². The Hall–Kier alpha value is -3.29. The molecule has 7 nitrogen and oxygen atoms in total. The summed E-state index contributed by atoms with van der Waals surface area (Å²) >= 11 is 6.70. The van der Waals surface area contributed by atoms with Crippen molar-refractivity contribution in [2.75, 3.05) is 38.3 Å². The van der Waals surface area contributed by atoms with Crippen LogP contribution in [0, 0.1) is 6.92 Å². The Morgan fingerprint density at radius 2 is 1.85 bits per heavy atom. The third kappa shape index (κ3) is 4.29. The molecule has 0 bridgehead atoms. The quantitative estimate of drug-likeness (QED) is 0.400. The summed E-state index contributed by atoms with van der Waals surface area (Å²) in [5, 5.41) is 10.1. The minimum absolute atomic E-state index is 0.0497. The normalized spacial score (nSPS) is 14.9. The lowest BCUT2D eigenvalue weighted by molar-refractivity contribution is 0.122. The van der Waals surface area contributed by atoms with Gasteiger partial charge >= 0.3 is 0 Å². The van der Waals surface area contributed by atoms with Gasteiger partial charge in [-0.25, -0.2) is 9.97 Å². The van der Waals surface area contributed by atoms with E-state index in [4.69, 9.17) is 21.1 Å². The molecule has 5 rings (SSSR count). The maximum atomic E-state index is 6.70. The predicted octanol–water partition coefficient (Wildman–Crippen LogP) is 5.05. The van der Waals surface area contributed by atoms with Crippen LogP contribution in [0.15, 0.2) is 48.8 Å². The van der Waals surface area contributed by atoms with Crippen molar-refractivity contribution >= 4 is 28.2 Å². The SMILES string of the molecule is COc1ccc(C(C)c2cc(-c3ncnc4cc(N5CCOCC5)ccc34)c(C)cc2Cl)nn1. The zero-order valence-electron chi connectivity index (χ0n) is 19.5. The highest BCUT2D eigenvalue weighted by molar-refractivity contribution is 6.31. The van der Waals surface area contributed by atoms with Gasteiger partial charge in [0.15, 0.2) is 0 Å². The van der Waals surface area contributed by atoms with Crippen LogP contribution in [0.3, 0.4) is 0 Å². The molecular weight excluding hydrogens is 450 g/mol. The molecule has 2 aromatic carbocycles. The molecule has 1 unspecified atom stereocenters. The van der Waals surface area contributed by atoms with Gasteiger partial charge in [-0.3, -0.25) is 0 Å². The fraction of sp³-hybridized carbons (Fsp3) is 0.308. The topological polar surface area (TPSA) is 73.3 Å². The number of nitrogens with zero attached hydrogens (tertiary/aromatic N) is 5. The van der Waals surface area contributed by atoms with Crippen LogP contribution >= 0.6 is 11.6 Å². The van der Waals surface area contributed by atoms with Crippen molar-refractivity contribution in [2.45, 2.75) is 19.8 Å². The lowest BCUT2D eigenvalue weighted by Crippen LogP contribution is -2.36. The van der Waals surface area contributed by atoms with Crippen LogP contribution < -0.4 is 9.64 Å². The summed E-state index contributed by atoms with van der Waals surface area (Å²) in [5.74, 6) is 0.432. The van der Waals surface area contributed by atoms with Crippen molar-refractivity contribution in [2.24, 2.45) is 0 Å². The largest absolute Gasteiger partial charge is 0.480 e. The Balaban J connectivity index is 1.55. The lowest BCUT2D eigenvalue weighted by atomic mass is 9.92. The highest BCUT2D eigenvalue weighted by atomic mass is 35.5. The van der Waals surface area contributed by atoms with Gasteiger partial charge in [0.2, 0.25) is 5.88 Å².